The van der Waals surface area contributed by atoms with Gasteiger partial charge in [-0.15, -0.1) is 23.5 Å². The third-order valence-electron chi connectivity index (χ3n) is 21.0. The standard InChI is InChI=1S/C86H72F2N2O2S2/c1-3-83(53-91-54-83)57-93-73-45-31-63(32-46-73)85(61-27-35-65(87)36-28-61)79-21-13-11-19-75(79)77-49-43-71(51-81(77)85)89(67-15-7-5-8-16-67)69-39-23-59(24-40-69)60-25-41-70(42-26-60)90(68-17-9-6-10-18-68)72-44-50-78-76-20-12-14-22-80(76)86(82(78)52-72,62-29-37-66(88)38-30-62)64-33-47-74(48-34-64)94-58-84(4-2)55-92-56-84/h5-52,75,79H,3-4,53-58H2,1-2H3. The molecule has 8 heteroatoms. The number of fused-ring (bicyclic) bond motifs is 6. The fraction of sp³-hybridized carbons (Fsp3) is 0.186. The third kappa shape index (κ3) is 10.3. The second kappa shape index (κ2) is 24.7. The lowest BCUT2D eigenvalue weighted by atomic mass is 9.63. The lowest BCUT2D eigenvalue weighted by molar-refractivity contribution is -0.0994. The number of rotatable bonds is 19. The highest BCUT2D eigenvalue weighted by Crippen LogP contribution is 2.62. The first kappa shape index (κ1) is 60.0. The molecule has 2 saturated heterocycles. The van der Waals surface area contributed by atoms with Crippen LogP contribution in [0.2, 0.25) is 0 Å². The minimum atomic E-state index is -0.737. The summed E-state index contributed by atoms with van der Waals surface area (Å²) in [6.45, 7) is 7.82. The molecule has 0 spiro atoms. The number of benzene rings is 11. The molecule has 11 aromatic carbocycles. The van der Waals surface area contributed by atoms with Crippen LogP contribution in [-0.2, 0) is 20.3 Å². The first-order valence-electron chi connectivity index (χ1n) is 33.0. The van der Waals surface area contributed by atoms with Crippen molar-refractivity contribution in [3.05, 3.63) is 347 Å². The molecule has 0 amide bonds. The van der Waals surface area contributed by atoms with Crippen molar-refractivity contribution in [2.45, 2.75) is 53.2 Å². The molecule has 4 atom stereocenters. The first-order valence-corrected chi connectivity index (χ1v) is 35.0. The monoisotopic (exact) mass is 1270 g/mol. The molecule has 464 valence electrons. The van der Waals surface area contributed by atoms with E-state index >= 15 is 8.78 Å². The van der Waals surface area contributed by atoms with E-state index in [9.17, 15) is 0 Å². The maximum absolute atomic E-state index is 15.1. The van der Waals surface area contributed by atoms with Gasteiger partial charge in [-0.3, -0.25) is 0 Å². The summed E-state index contributed by atoms with van der Waals surface area (Å²) in [5.74, 6) is 1.71. The van der Waals surface area contributed by atoms with Crippen molar-refractivity contribution in [3.8, 4) is 22.3 Å². The van der Waals surface area contributed by atoms with E-state index in [0.717, 1.165) is 124 Å². The molecule has 0 saturated carbocycles. The number of hydrogen-bond donors (Lipinski definition) is 0. The van der Waals surface area contributed by atoms with Gasteiger partial charge in [-0.25, -0.2) is 8.78 Å². The van der Waals surface area contributed by atoms with E-state index < -0.39 is 10.8 Å². The molecule has 0 N–H and O–H groups in total. The molecule has 4 nitrogen and oxygen atoms in total. The summed E-state index contributed by atoms with van der Waals surface area (Å²) in [4.78, 5) is 7.18. The summed E-state index contributed by atoms with van der Waals surface area (Å²) in [5, 5.41) is 0. The van der Waals surface area contributed by atoms with Gasteiger partial charge in [0.15, 0.2) is 0 Å². The zero-order chi connectivity index (χ0) is 63.4. The SMILES string of the molecule is CCC1(CSc2ccc(C3(c4ccc(F)cc4)c4ccccc4-c4ccc(N(c5ccccc5)c5ccc(-c6ccc(N(c7ccccc7)c7ccc8c(c7)C(c7ccc(F)cc7)(c7ccc(SCC9(CC)COC9)cc7)C7C=CC=CC87)cc6)cc5)cc43)cc2)COC1. The summed E-state index contributed by atoms with van der Waals surface area (Å²) in [7, 11) is 0. The van der Waals surface area contributed by atoms with Gasteiger partial charge in [-0.2, -0.15) is 0 Å². The molecule has 16 rings (SSSR count). The van der Waals surface area contributed by atoms with Gasteiger partial charge >= 0.3 is 0 Å². The van der Waals surface area contributed by atoms with Crippen LogP contribution < -0.4 is 9.80 Å². The van der Waals surface area contributed by atoms with Crippen LogP contribution in [-0.4, -0.2) is 37.9 Å². The molecule has 11 aromatic rings. The lowest BCUT2D eigenvalue weighted by Gasteiger charge is -2.40. The van der Waals surface area contributed by atoms with Crippen molar-refractivity contribution in [1.29, 1.82) is 0 Å². The van der Waals surface area contributed by atoms with Crippen LogP contribution in [0.15, 0.2) is 301 Å². The molecule has 94 heavy (non-hydrogen) atoms. The summed E-state index contributed by atoms with van der Waals surface area (Å²) in [6.07, 6.45) is 11.3. The second-order valence-electron chi connectivity index (χ2n) is 26.2. The van der Waals surface area contributed by atoms with Crippen LogP contribution in [0.25, 0.3) is 22.3 Å². The topological polar surface area (TPSA) is 24.9 Å². The maximum atomic E-state index is 15.1. The Balaban J connectivity index is 0.748. The van der Waals surface area contributed by atoms with Gasteiger partial charge in [0.25, 0.3) is 0 Å². The molecule has 2 aliphatic heterocycles. The van der Waals surface area contributed by atoms with Crippen LogP contribution >= 0.6 is 23.5 Å². The van der Waals surface area contributed by atoms with E-state index in [1.807, 2.05) is 47.8 Å². The van der Waals surface area contributed by atoms with Gasteiger partial charge in [0.2, 0.25) is 0 Å². The fourth-order valence-corrected chi connectivity index (χ4v) is 17.9. The van der Waals surface area contributed by atoms with Crippen molar-refractivity contribution in [2.24, 2.45) is 16.7 Å². The Morgan fingerprint density at radius 1 is 0.394 bits per heavy atom. The molecule has 2 fully saturated rings. The number of thioether (sulfide) groups is 2. The van der Waals surface area contributed by atoms with Gasteiger partial charge in [0.05, 0.1) is 37.3 Å². The van der Waals surface area contributed by atoms with Crippen LogP contribution in [0.3, 0.4) is 0 Å². The average Bonchev–Trinajstić information content (AvgIpc) is 1.53. The Hall–Kier alpha value is -9.02. The molecular weight excluding hydrogens is 1200 g/mol. The van der Waals surface area contributed by atoms with Gasteiger partial charge in [0, 0.05) is 78.1 Å². The van der Waals surface area contributed by atoms with E-state index in [4.69, 9.17) is 9.47 Å². The Bertz CT molecular complexity index is 4600. The van der Waals surface area contributed by atoms with Gasteiger partial charge in [0.1, 0.15) is 11.6 Å². The highest BCUT2D eigenvalue weighted by molar-refractivity contribution is 7.99. The lowest BCUT2D eigenvalue weighted by Crippen LogP contribution is -2.44. The molecule has 3 aliphatic carbocycles. The Kier molecular flexibility index (Phi) is 15.8. The predicted molar refractivity (Wildman–Crippen MR) is 384 cm³/mol. The van der Waals surface area contributed by atoms with Crippen molar-refractivity contribution in [3.63, 3.8) is 0 Å². The van der Waals surface area contributed by atoms with E-state index in [-0.39, 0.29) is 34.3 Å². The minimum absolute atomic E-state index is 0.0564. The van der Waals surface area contributed by atoms with Gasteiger partial charge in [-0.1, -0.05) is 184 Å². The summed E-state index contributed by atoms with van der Waals surface area (Å²) in [6, 6.07) is 94.6. The number of anilines is 6. The maximum Gasteiger partial charge on any atom is 0.123 e. The number of nitrogens with zero attached hydrogens (tertiary/aromatic N) is 2. The van der Waals surface area contributed by atoms with Crippen LogP contribution in [0.5, 0.6) is 0 Å². The van der Waals surface area contributed by atoms with Crippen molar-refractivity contribution in [2.75, 3.05) is 47.7 Å². The first-order chi connectivity index (χ1) is 46.2. The molecule has 2 heterocycles. The highest BCUT2D eigenvalue weighted by Gasteiger charge is 2.54. The Labute approximate surface area is 559 Å². The number of allylic oxidation sites excluding steroid dienone is 4. The Morgan fingerprint density at radius 3 is 1.31 bits per heavy atom. The van der Waals surface area contributed by atoms with E-state index in [2.05, 4.69) is 266 Å². The predicted octanol–water partition coefficient (Wildman–Crippen LogP) is 22.1. The van der Waals surface area contributed by atoms with E-state index in [1.165, 1.54) is 37.6 Å². The zero-order valence-electron chi connectivity index (χ0n) is 52.8. The molecule has 0 bridgehead atoms. The number of para-hydroxylation sites is 2. The van der Waals surface area contributed by atoms with Crippen LogP contribution in [0, 0.1) is 28.4 Å². The minimum Gasteiger partial charge on any atom is -0.380 e. The molecule has 0 radical (unpaired) electrons. The van der Waals surface area contributed by atoms with Gasteiger partial charge < -0.3 is 19.3 Å². The van der Waals surface area contributed by atoms with Crippen molar-refractivity contribution in [1.82, 2.24) is 0 Å². The molecular formula is C86H72F2N2O2S2. The number of halogens is 2. The fourth-order valence-electron chi connectivity index (χ4n) is 15.6. The van der Waals surface area contributed by atoms with Crippen molar-refractivity contribution < 1.29 is 18.3 Å². The summed E-state index contributed by atoms with van der Waals surface area (Å²) >= 11 is 3.82. The number of ether oxygens (including phenoxy) is 2. The van der Waals surface area contributed by atoms with E-state index in [1.54, 1.807) is 24.3 Å². The van der Waals surface area contributed by atoms with Crippen LogP contribution in [0.1, 0.15) is 77.1 Å². The molecule has 5 aliphatic rings. The van der Waals surface area contributed by atoms with Crippen molar-refractivity contribution >= 4 is 57.6 Å². The highest BCUT2D eigenvalue weighted by atomic mass is 32.2. The summed E-state index contributed by atoms with van der Waals surface area (Å²) in [5.41, 5.74) is 19.0. The molecule has 0 aromatic heterocycles. The summed E-state index contributed by atoms with van der Waals surface area (Å²) < 4.78 is 41.5. The number of hydrogen-bond acceptors (Lipinski definition) is 6. The smallest absolute Gasteiger partial charge is 0.123 e. The van der Waals surface area contributed by atoms with Crippen LogP contribution in [0.4, 0.5) is 42.9 Å². The second-order valence-corrected chi connectivity index (χ2v) is 28.3. The van der Waals surface area contributed by atoms with E-state index in [0.29, 0.717) is 0 Å². The zero-order valence-corrected chi connectivity index (χ0v) is 54.4. The Morgan fingerprint density at radius 2 is 0.809 bits per heavy atom. The molecule has 4 unspecified atom stereocenters. The van der Waals surface area contributed by atoms with Gasteiger partial charge in [-0.05, 0) is 201 Å². The normalized spacial score (nSPS) is 19.9. The average molecular weight is 1270 g/mol. The third-order valence-corrected chi connectivity index (χ3v) is 23.7. The largest absolute Gasteiger partial charge is 0.380 e. The quantitative estimate of drug-likeness (QED) is 0.0749.